The number of aromatic nitrogens is 1. The van der Waals surface area contributed by atoms with Crippen LogP contribution in [0.1, 0.15) is 44.6 Å². The zero-order valence-electron chi connectivity index (χ0n) is 14.1. The van der Waals surface area contributed by atoms with E-state index in [9.17, 15) is 9.59 Å². The molecule has 1 aliphatic heterocycles. The molecule has 1 fully saturated rings. The van der Waals surface area contributed by atoms with E-state index in [1.807, 2.05) is 34.7 Å². The molecule has 2 N–H and O–H groups in total. The molecule has 132 valence electrons. The van der Waals surface area contributed by atoms with Gasteiger partial charge in [-0.15, -0.1) is 11.3 Å². The van der Waals surface area contributed by atoms with Crippen LogP contribution in [0.4, 0.5) is 5.69 Å². The molecule has 3 aromatic rings. The summed E-state index contributed by atoms with van der Waals surface area (Å²) < 4.78 is 0. The molecule has 3 heterocycles. The first-order valence-corrected chi connectivity index (χ1v) is 9.49. The molecule has 4 rings (SSSR count). The van der Waals surface area contributed by atoms with Crippen molar-refractivity contribution >= 4 is 28.8 Å². The van der Waals surface area contributed by atoms with Gasteiger partial charge in [0, 0.05) is 29.7 Å². The highest BCUT2D eigenvalue weighted by Crippen LogP contribution is 2.32. The van der Waals surface area contributed by atoms with Gasteiger partial charge in [-0.25, -0.2) is 0 Å². The average Bonchev–Trinajstić information content (AvgIpc) is 3.43. The zero-order chi connectivity index (χ0) is 17.9. The van der Waals surface area contributed by atoms with Crippen molar-refractivity contribution in [2.24, 2.45) is 0 Å². The maximum absolute atomic E-state index is 12.9. The number of hydrogen-bond acceptors (Lipinski definition) is 3. The van der Waals surface area contributed by atoms with Gasteiger partial charge in [-0.2, -0.15) is 0 Å². The quantitative estimate of drug-likeness (QED) is 0.724. The predicted octanol–water partition coefficient (Wildman–Crippen LogP) is 4.31. The normalized spacial score (nSPS) is 16.6. The van der Waals surface area contributed by atoms with Crippen molar-refractivity contribution in [2.75, 3.05) is 11.9 Å². The van der Waals surface area contributed by atoms with Crippen LogP contribution in [0.5, 0.6) is 0 Å². The summed E-state index contributed by atoms with van der Waals surface area (Å²) in [5.41, 5.74) is 2.40. The largest absolute Gasteiger partial charge is 0.363 e. The maximum atomic E-state index is 12.9. The summed E-state index contributed by atoms with van der Waals surface area (Å²) in [5, 5.41) is 4.72. The molecule has 0 unspecified atom stereocenters. The van der Waals surface area contributed by atoms with E-state index in [-0.39, 0.29) is 17.9 Å². The molecule has 1 aliphatic rings. The molecule has 0 aliphatic carbocycles. The molecule has 0 radical (unpaired) electrons. The monoisotopic (exact) mass is 365 g/mol. The summed E-state index contributed by atoms with van der Waals surface area (Å²) in [5.74, 6) is -0.108. The van der Waals surface area contributed by atoms with Crippen molar-refractivity contribution < 1.29 is 9.59 Å². The molecule has 1 aromatic carbocycles. The topological polar surface area (TPSA) is 65.2 Å². The summed E-state index contributed by atoms with van der Waals surface area (Å²) in [6, 6.07) is 14.8. The Bertz CT molecular complexity index is 886. The van der Waals surface area contributed by atoms with E-state index in [1.54, 1.807) is 30.3 Å². The van der Waals surface area contributed by atoms with E-state index >= 15 is 0 Å². The van der Waals surface area contributed by atoms with Crippen LogP contribution in [0.25, 0.3) is 0 Å². The van der Waals surface area contributed by atoms with Crippen LogP contribution in [-0.2, 0) is 0 Å². The number of carbonyl (C=O) groups excluding carboxylic acids is 2. The van der Waals surface area contributed by atoms with Crippen molar-refractivity contribution in [3.05, 3.63) is 76.2 Å². The SMILES string of the molecule is O=C(Nc1ccc(C(=O)N2CCC[C@@H]2c2ccc[nH]2)cc1)c1cccs1. The fourth-order valence-electron chi connectivity index (χ4n) is 3.35. The van der Waals surface area contributed by atoms with Gasteiger partial charge in [0.05, 0.1) is 10.9 Å². The van der Waals surface area contributed by atoms with Crippen LogP contribution >= 0.6 is 11.3 Å². The number of rotatable bonds is 4. The third-order valence-corrected chi connectivity index (χ3v) is 5.50. The number of amides is 2. The molecule has 1 saturated heterocycles. The van der Waals surface area contributed by atoms with Crippen molar-refractivity contribution in [2.45, 2.75) is 18.9 Å². The number of likely N-dealkylation sites (tertiary alicyclic amines) is 1. The Kier molecular flexibility index (Phi) is 4.58. The van der Waals surface area contributed by atoms with Gasteiger partial charge < -0.3 is 15.2 Å². The first-order chi connectivity index (χ1) is 12.7. The van der Waals surface area contributed by atoms with E-state index < -0.39 is 0 Å². The Morgan fingerprint density at radius 1 is 1.12 bits per heavy atom. The number of H-pyrrole nitrogens is 1. The number of hydrogen-bond donors (Lipinski definition) is 2. The molecule has 2 aromatic heterocycles. The molecule has 2 amide bonds. The van der Waals surface area contributed by atoms with Crippen LogP contribution in [0, 0.1) is 0 Å². The minimum atomic E-state index is -0.134. The van der Waals surface area contributed by atoms with Crippen LogP contribution < -0.4 is 5.32 Å². The van der Waals surface area contributed by atoms with Crippen LogP contribution in [-0.4, -0.2) is 28.2 Å². The Morgan fingerprint density at radius 2 is 1.96 bits per heavy atom. The van der Waals surface area contributed by atoms with Gasteiger partial charge in [0.25, 0.3) is 11.8 Å². The van der Waals surface area contributed by atoms with Gasteiger partial charge >= 0.3 is 0 Å². The smallest absolute Gasteiger partial charge is 0.265 e. The number of benzene rings is 1. The van der Waals surface area contributed by atoms with E-state index in [4.69, 9.17) is 0 Å². The Balaban J connectivity index is 1.46. The van der Waals surface area contributed by atoms with Crippen molar-refractivity contribution in [1.29, 1.82) is 0 Å². The predicted molar refractivity (Wildman–Crippen MR) is 103 cm³/mol. The summed E-state index contributed by atoms with van der Waals surface area (Å²) in [6.07, 6.45) is 3.87. The second-order valence-corrected chi connectivity index (χ2v) is 7.24. The minimum absolute atomic E-state index is 0.0261. The average molecular weight is 365 g/mol. The molecule has 1 atom stereocenters. The lowest BCUT2D eigenvalue weighted by atomic mass is 10.1. The summed E-state index contributed by atoms with van der Waals surface area (Å²) in [7, 11) is 0. The summed E-state index contributed by atoms with van der Waals surface area (Å²) in [4.78, 5) is 30.8. The second kappa shape index (κ2) is 7.17. The minimum Gasteiger partial charge on any atom is -0.363 e. The molecule has 26 heavy (non-hydrogen) atoms. The van der Waals surface area contributed by atoms with Gasteiger partial charge in [0.1, 0.15) is 0 Å². The molecule has 0 bridgehead atoms. The fourth-order valence-corrected chi connectivity index (χ4v) is 3.97. The van der Waals surface area contributed by atoms with Crippen LogP contribution in [0.3, 0.4) is 0 Å². The third-order valence-electron chi connectivity index (χ3n) is 4.63. The highest BCUT2D eigenvalue weighted by molar-refractivity contribution is 7.12. The molecule has 0 spiro atoms. The lowest BCUT2D eigenvalue weighted by Gasteiger charge is -2.24. The van der Waals surface area contributed by atoms with Crippen LogP contribution in [0.2, 0.25) is 0 Å². The molecule has 5 nitrogen and oxygen atoms in total. The summed E-state index contributed by atoms with van der Waals surface area (Å²) >= 11 is 1.40. The Hall–Kier alpha value is -2.86. The molecule has 0 saturated carbocycles. The fraction of sp³-hybridized carbons (Fsp3) is 0.200. The summed E-state index contributed by atoms with van der Waals surface area (Å²) in [6.45, 7) is 0.763. The van der Waals surface area contributed by atoms with E-state index in [0.717, 1.165) is 25.1 Å². The van der Waals surface area contributed by atoms with E-state index in [2.05, 4.69) is 10.3 Å². The van der Waals surface area contributed by atoms with Crippen LogP contribution in [0.15, 0.2) is 60.1 Å². The van der Waals surface area contributed by atoms with Crippen molar-refractivity contribution in [1.82, 2.24) is 9.88 Å². The van der Waals surface area contributed by atoms with Gasteiger partial charge in [0.2, 0.25) is 0 Å². The molecular formula is C20H19N3O2S. The van der Waals surface area contributed by atoms with Gasteiger partial charge in [0.15, 0.2) is 0 Å². The van der Waals surface area contributed by atoms with E-state index in [0.29, 0.717) is 16.1 Å². The number of carbonyl (C=O) groups is 2. The lowest BCUT2D eigenvalue weighted by Crippen LogP contribution is -2.30. The highest BCUT2D eigenvalue weighted by atomic mass is 32.1. The highest BCUT2D eigenvalue weighted by Gasteiger charge is 2.31. The number of nitrogens with zero attached hydrogens (tertiary/aromatic N) is 1. The lowest BCUT2D eigenvalue weighted by molar-refractivity contribution is 0.0733. The van der Waals surface area contributed by atoms with Crippen molar-refractivity contribution in [3.8, 4) is 0 Å². The van der Waals surface area contributed by atoms with Crippen molar-refractivity contribution in [3.63, 3.8) is 0 Å². The number of anilines is 1. The third kappa shape index (κ3) is 3.28. The second-order valence-electron chi connectivity index (χ2n) is 6.29. The van der Waals surface area contributed by atoms with Gasteiger partial charge in [-0.3, -0.25) is 9.59 Å². The zero-order valence-corrected chi connectivity index (χ0v) is 15.0. The Morgan fingerprint density at radius 3 is 2.65 bits per heavy atom. The first kappa shape index (κ1) is 16.6. The van der Waals surface area contributed by atoms with Gasteiger partial charge in [-0.05, 0) is 60.7 Å². The number of thiophene rings is 1. The molecule has 6 heteroatoms. The van der Waals surface area contributed by atoms with E-state index in [1.165, 1.54) is 11.3 Å². The Labute approximate surface area is 155 Å². The number of nitrogens with one attached hydrogen (secondary N) is 2. The maximum Gasteiger partial charge on any atom is 0.265 e. The van der Waals surface area contributed by atoms with Gasteiger partial charge in [-0.1, -0.05) is 6.07 Å². The standard InChI is InChI=1S/C20H19N3O2S/c24-19(18-6-3-13-26-18)22-15-9-7-14(8-10-15)20(25)23-12-2-5-17(23)16-4-1-11-21-16/h1,3-4,6-11,13,17,21H,2,5,12H2,(H,22,24)/t17-/m1/s1. The molecular weight excluding hydrogens is 346 g/mol. The first-order valence-electron chi connectivity index (χ1n) is 8.61. The number of aromatic amines is 1.